The molecule has 1 aliphatic heterocycles. The van der Waals surface area contributed by atoms with Crippen molar-refractivity contribution < 1.29 is 18.8 Å². The minimum atomic E-state index is -0.940. The first-order valence-electron chi connectivity index (χ1n) is 9.89. The molecule has 2 aliphatic rings. The maximum Gasteiger partial charge on any atom is 0.280 e. The van der Waals surface area contributed by atoms with Crippen molar-refractivity contribution in [3.05, 3.63) is 77.6 Å². The predicted octanol–water partition coefficient (Wildman–Crippen LogP) is 5.08. The lowest BCUT2D eigenvalue weighted by molar-refractivity contribution is -0.266. The molecule has 1 atom stereocenters. The Morgan fingerprint density at radius 1 is 1.10 bits per heavy atom. The van der Waals surface area contributed by atoms with Crippen molar-refractivity contribution in [1.82, 2.24) is 5.06 Å². The van der Waals surface area contributed by atoms with Crippen LogP contribution in [0.5, 0.6) is 0 Å². The quantitative estimate of drug-likeness (QED) is 0.625. The summed E-state index contributed by atoms with van der Waals surface area (Å²) in [6, 6.07) is 19.7. The van der Waals surface area contributed by atoms with E-state index in [9.17, 15) is 4.79 Å². The molecule has 1 amide bonds. The molecule has 1 saturated heterocycles. The van der Waals surface area contributed by atoms with Gasteiger partial charge in [-0.15, -0.1) is 0 Å². The zero-order valence-corrected chi connectivity index (χ0v) is 16.6. The van der Waals surface area contributed by atoms with Crippen molar-refractivity contribution in [2.45, 2.75) is 44.6 Å². The molecule has 0 radical (unpaired) electrons. The van der Waals surface area contributed by atoms with Gasteiger partial charge in [0.25, 0.3) is 5.91 Å². The SMILES string of the molecule is CC1(C)OC2(CC/C2=C\c2cc3ccccc3o2)N(OCc2ccccc2)C1=O. The summed E-state index contributed by atoms with van der Waals surface area (Å²) < 4.78 is 12.2. The van der Waals surface area contributed by atoms with Crippen LogP contribution in [0.3, 0.4) is 0 Å². The Morgan fingerprint density at radius 2 is 1.86 bits per heavy atom. The van der Waals surface area contributed by atoms with Gasteiger partial charge in [0.05, 0.1) is 0 Å². The van der Waals surface area contributed by atoms with Gasteiger partial charge in [-0.1, -0.05) is 48.5 Å². The maximum atomic E-state index is 13.0. The fourth-order valence-corrected chi connectivity index (χ4v) is 4.05. The fourth-order valence-electron chi connectivity index (χ4n) is 4.05. The second-order valence-electron chi connectivity index (χ2n) is 8.11. The van der Waals surface area contributed by atoms with Crippen LogP contribution in [-0.2, 0) is 21.0 Å². The molecule has 1 aromatic heterocycles. The molecule has 2 aromatic carbocycles. The maximum absolute atomic E-state index is 13.0. The minimum Gasteiger partial charge on any atom is -0.457 e. The highest BCUT2D eigenvalue weighted by atomic mass is 16.7. The molecule has 1 saturated carbocycles. The molecule has 1 aliphatic carbocycles. The van der Waals surface area contributed by atoms with Crippen LogP contribution in [0.25, 0.3) is 17.0 Å². The molecule has 29 heavy (non-hydrogen) atoms. The summed E-state index contributed by atoms with van der Waals surface area (Å²) in [5, 5.41) is 2.49. The number of nitrogens with zero attached hydrogens (tertiary/aromatic N) is 1. The topological polar surface area (TPSA) is 51.9 Å². The Labute approximate surface area is 169 Å². The number of benzene rings is 2. The molecular formula is C24H23NO4. The van der Waals surface area contributed by atoms with E-state index in [1.807, 2.05) is 66.7 Å². The van der Waals surface area contributed by atoms with Crippen molar-refractivity contribution in [1.29, 1.82) is 0 Å². The summed E-state index contributed by atoms with van der Waals surface area (Å²) in [5.41, 5.74) is 1.03. The third kappa shape index (κ3) is 2.98. The zero-order chi connectivity index (χ0) is 20.1. The highest BCUT2D eigenvalue weighted by Gasteiger charge is 2.63. The first-order valence-corrected chi connectivity index (χ1v) is 9.89. The van der Waals surface area contributed by atoms with Crippen molar-refractivity contribution in [2.24, 2.45) is 0 Å². The summed E-state index contributed by atoms with van der Waals surface area (Å²) in [6.45, 7) is 3.89. The van der Waals surface area contributed by atoms with Gasteiger partial charge in [0.15, 0.2) is 5.72 Å². The van der Waals surface area contributed by atoms with Gasteiger partial charge >= 0.3 is 0 Å². The number of ether oxygens (including phenoxy) is 1. The lowest BCUT2D eigenvalue weighted by Crippen LogP contribution is -2.53. The first-order chi connectivity index (χ1) is 14.0. The Balaban J connectivity index is 1.46. The third-order valence-corrected chi connectivity index (χ3v) is 5.65. The highest BCUT2D eigenvalue weighted by Crippen LogP contribution is 2.52. The average molecular weight is 389 g/mol. The summed E-state index contributed by atoms with van der Waals surface area (Å²) in [5.74, 6) is 0.590. The van der Waals surface area contributed by atoms with E-state index >= 15 is 0 Å². The molecule has 5 nitrogen and oxygen atoms in total. The van der Waals surface area contributed by atoms with Crippen LogP contribution < -0.4 is 0 Å². The Kier molecular flexibility index (Phi) is 4.12. The highest BCUT2D eigenvalue weighted by molar-refractivity contribution is 5.87. The van der Waals surface area contributed by atoms with E-state index in [0.717, 1.165) is 34.3 Å². The average Bonchev–Trinajstić information content (AvgIpc) is 3.22. The third-order valence-electron chi connectivity index (χ3n) is 5.65. The van der Waals surface area contributed by atoms with Crippen LogP contribution in [0, 0.1) is 0 Å². The van der Waals surface area contributed by atoms with Gasteiger partial charge in [0.2, 0.25) is 0 Å². The number of hydrogen-bond donors (Lipinski definition) is 0. The van der Waals surface area contributed by atoms with Crippen LogP contribution in [0.4, 0.5) is 0 Å². The van der Waals surface area contributed by atoms with Crippen LogP contribution >= 0.6 is 0 Å². The van der Waals surface area contributed by atoms with E-state index in [4.69, 9.17) is 14.0 Å². The largest absolute Gasteiger partial charge is 0.457 e. The molecule has 148 valence electrons. The van der Waals surface area contributed by atoms with Crippen LogP contribution in [-0.4, -0.2) is 22.3 Å². The van der Waals surface area contributed by atoms with Gasteiger partial charge in [0.1, 0.15) is 23.6 Å². The molecule has 2 fully saturated rings. The van der Waals surface area contributed by atoms with Crippen molar-refractivity contribution in [2.75, 3.05) is 0 Å². The van der Waals surface area contributed by atoms with E-state index in [2.05, 4.69) is 0 Å². The van der Waals surface area contributed by atoms with Gasteiger partial charge in [-0.05, 0) is 49.6 Å². The number of hydrogen-bond acceptors (Lipinski definition) is 4. The minimum absolute atomic E-state index is 0.163. The number of hydroxylamine groups is 2. The van der Waals surface area contributed by atoms with Crippen molar-refractivity contribution >= 4 is 23.0 Å². The van der Waals surface area contributed by atoms with E-state index in [0.29, 0.717) is 13.0 Å². The molecule has 5 rings (SSSR count). The van der Waals surface area contributed by atoms with Gasteiger partial charge in [-0.3, -0.25) is 9.63 Å². The second-order valence-corrected chi connectivity index (χ2v) is 8.11. The summed E-state index contributed by atoms with van der Waals surface area (Å²) in [4.78, 5) is 19.0. The van der Waals surface area contributed by atoms with Gasteiger partial charge in [-0.25, -0.2) is 0 Å². The number of furan rings is 1. The summed E-state index contributed by atoms with van der Waals surface area (Å²) in [7, 11) is 0. The Hall–Kier alpha value is -2.89. The van der Waals surface area contributed by atoms with E-state index < -0.39 is 11.3 Å². The number of rotatable bonds is 4. The standard InChI is InChI=1S/C24H23NO4/c1-23(2)22(26)25(27-16-17-8-4-3-5-9-17)24(29-23)13-12-19(24)15-20-14-18-10-6-7-11-21(18)28-20/h3-11,14-15H,12-13,16H2,1-2H3/b19-15+. The fraction of sp³-hybridized carbons (Fsp3) is 0.292. The smallest absolute Gasteiger partial charge is 0.280 e. The van der Waals surface area contributed by atoms with Crippen LogP contribution in [0.1, 0.15) is 38.0 Å². The molecule has 0 bridgehead atoms. The van der Waals surface area contributed by atoms with Gasteiger partial charge in [-0.2, -0.15) is 5.06 Å². The molecular weight excluding hydrogens is 366 g/mol. The molecule has 5 heteroatoms. The number of para-hydroxylation sites is 1. The Morgan fingerprint density at radius 3 is 2.59 bits per heavy atom. The molecule has 3 aromatic rings. The van der Waals surface area contributed by atoms with E-state index in [1.165, 1.54) is 5.06 Å². The van der Waals surface area contributed by atoms with Gasteiger partial charge < -0.3 is 9.15 Å². The van der Waals surface area contributed by atoms with Gasteiger partial charge in [0, 0.05) is 11.8 Å². The number of fused-ring (bicyclic) bond motifs is 1. The summed E-state index contributed by atoms with van der Waals surface area (Å²) >= 11 is 0. The van der Waals surface area contributed by atoms with E-state index in [1.54, 1.807) is 13.8 Å². The molecule has 1 unspecified atom stereocenters. The molecule has 2 heterocycles. The lowest BCUT2D eigenvalue weighted by atomic mass is 9.81. The summed E-state index contributed by atoms with van der Waals surface area (Å²) in [6.07, 6.45) is 3.51. The van der Waals surface area contributed by atoms with Crippen molar-refractivity contribution in [3.8, 4) is 0 Å². The Bertz CT molecular complexity index is 1070. The number of carbonyl (C=O) groups is 1. The van der Waals surface area contributed by atoms with Crippen LogP contribution in [0.15, 0.2) is 70.7 Å². The second kappa shape index (κ2) is 6.58. The number of amides is 1. The zero-order valence-electron chi connectivity index (χ0n) is 16.6. The molecule has 1 spiro atoms. The predicted molar refractivity (Wildman–Crippen MR) is 109 cm³/mol. The normalized spacial score (nSPS) is 24.6. The van der Waals surface area contributed by atoms with E-state index in [-0.39, 0.29) is 5.91 Å². The molecule has 0 N–H and O–H groups in total. The monoisotopic (exact) mass is 389 g/mol. The van der Waals surface area contributed by atoms with Crippen LogP contribution in [0.2, 0.25) is 0 Å². The lowest BCUT2D eigenvalue weighted by Gasteiger charge is -2.45. The van der Waals surface area contributed by atoms with Crippen molar-refractivity contribution in [3.63, 3.8) is 0 Å². The number of carbonyl (C=O) groups excluding carboxylic acids is 1. The first kappa shape index (κ1) is 18.2.